The maximum atomic E-state index is 13.8. The predicted octanol–water partition coefficient (Wildman–Crippen LogP) is 3.76. The standard InChI is InChI=1S/C15H17F2NOS/c1-2-18-9-12-7-13(16)15(14(17)8-12)19-5-3-11-4-6-20-10-11/h4,6-8,10,18H,2-3,5,9H2,1H3. The van der Waals surface area contributed by atoms with E-state index in [0.29, 0.717) is 18.5 Å². The molecule has 0 spiro atoms. The lowest BCUT2D eigenvalue weighted by molar-refractivity contribution is 0.288. The summed E-state index contributed by atoms with van der Waals surface area (Å²) in [7, 11) is 0. The molecular weight excluding hydrogens is 280 g/mol. The summed E-state index contributed by atoms with van der Waals surface area (Å²) in [6.07, 6.45) is 0.640. The van der Waals surface area contributed by atoms with Crippen molar-refractivity contribution < 1.29 is 13.5 Å². The molecule has 0 amide bonds. The van der Waals surface area contributed by atoms with E-state index in [0.717, 1.165) is 12.1 Å². The predicted molar refractivity (Wildman–Crippen MR) is 77.3 cm³/mol. The lowest BCUT2D eigenvalue weighted by Gasteiger charge is -2.10. The Hall–Kier alpha value is -1.46. The summed E-state index contributed by atoms with van der Waals surface area (Å²) in [4.78, 5) is 0. The highest BCUT2D eigenvalue weighted by molar-refractivity contribution is 7.07. The van der Waals surface area contributed by atoms with Crippen molar-refractivity contribution in [3.8, 4) is 5.75 Å². The summed E-state index contributed by atoms with van der Waals surface area (Å²) in [6.45, 7) is 3.40. The van der Waals surface area contributed by atoms with Crippen molar-refractivity contribution in [1.82, 2.24) is 5.32 Å². The van der Waals surface area contributed by atoms with Crippen molar-refractivity contribution in [1.29, 1.82) is 0 Å². The largest absolute Gasteiger partial charge is 0.487 e. The highest BCUT2D eigenvalue weighted by Crippen LogP contribution is 2.23. The fourth-order valence-corrected chi connectivity index (χ4v) is 2.53. The van der Waals surface area contributed by atoms with E-state index in [1.807, 2.05) is 23.8 Å². The van der Waals surface area contributed by atoms with Crippen LogP contribution in [0, 0.1) is 11.6 Å². The lowest BCUT2D eigenvalue weighted by atomic mass is 10.2. The van der Waals surface area contributed by atoms with Crippen molar-refractivity contribution in [2.24, 2.45) is 0 Å². The number of thiophene rings is 1. The van der Waals surface area contributed by atoms with Crippen LogP contribution in [-0.2, 0) is 13.0 Å². The zero-order valence-corrected chi connectivity index (χ0v) is 12.1. The molecule has 1 heterocycles. The molecule has 0 unspecified atom stereocenters. The third-order valence-electron chi connectivity index (χ3n) is 2.85. The molecule has 1 N–H and O–H groups in total. The van der Waals surface area contributed by atoms with Crippen molar-refractivity contribution in [2.75, 3.05) is 13.2 Å². The summed E-state index contributed by atoms with van der Waals surface area (Å²) in [6, 6.07) is 4.59. The molecule has 0 fully saturated rings. The van der Waals surface area contributed by atoms with Gasteiger partial charge in [-0.15, -0.1) is 0 Å². The van der Waals surface area contributed by atoms with Crippen LogP contribution in [0.25, 0.3) is 0 Å². The lowest BCUT2D eigenvalue weighted by Crippen LogP contribution is -2.12. The molecule has 108 valence electrons. The fraction of sp³-hybridized carbons (Fsp3) is 0.333. The van der Waals surface area contributed by atoms with Gasteiger partial charge in [-0.3, -0.25) is 0 Å². The summed E-state index contributed by atoms with van der Waals surface area (Å²) in [5.41, 5.74) is 1.69. The van der Waals surface area contributed by atoms with Gasteiger partial charge >= 0.3 is 0 Å². The Kier molecular flexibility index (Phi) is 5.49. The van der Waals surface area contributed by atoms with Crippen LogP contribution >= 0.6 is 11.3 Å². The third kappa shape index (κ3) is 4.02. The van der Waals surface area contributed by atoms with Crippen LogP contribution in [0.4, 0.5) is 8.78 Å². The van der Waals surface area contributed by atoms with Gasteiger partial charge in [0.15, 0.2) is 17.4 Å². The SMILES string of the molecule is CCNCc1cc(F)c(OCCc2ccsc2)c(F)c1. The number of ether oxygens (including phenoxy) is 1. The van der Waals surface area contributed by atoms with Crippen LogP contribution in [0.3, 0.4) is 0 Å². The molecule has 0 saturated carbocycles. The second-order valence-electron chi connectivity index (χ2n) is 4.40. The Morgan fingerprint density at radius 2 is 1.95 bits per heavy atom. The molecule has 0 aliphatic heterocycles. The minimum Gasteiger partial charge on any atom is -0.487 e. The topological polar surface area (TPSA) is 21.3 Å². The van der Waals surface area contributed by atoms with E-state index < -0.39 is 11.6 Å². The first kappa shape index (κ1) is 14.9. The van der Waals surface area contributed by atoms with Gasteiger partial charge in [-0.25, -0.2) is 8.78 Å². The van der Waals surface area contributed by atoms with E-state index in [9.17, 15) is 8.78 Å². The summed E-state index contributed by atoms with van der Waals surface area (Å²) in [5.74, 6) is -1.59. The highest BCUT2D eigenvalue weighted by Gasteiger charge is 2.12. The zero-order chi connectivity index (χ0) is 14.4. The number of rotatable bonds is 7. The minimum absolute atomic E-state index is 0.261. The number of halogens is 2. The molecule has 1 aromatic heterocycles. The molecule has 0 aliphatic carbocycles. The summed E-state index contributed by atoms with van der Waals surface area (Å²) >= 11 is 1.59. The maximum Gasteiger partial charge on any atom is 0.190 e. The molecule has 0 aliphatic rings. The number of nitrogens with one attached hydrogen (secondary N) is 1. The number of hydrogen-bond donors (Lipinski definition) is 1. The van der Waals surface area contributed by atoms with Gasteiger partial charge in [-0.2, -0.15) is 11.3 Å². The Morgan fingerprint density at radius 1 is 1.20 bits per heavy atom. The van der Waals surface area contributed by atoms with Gasteiger partial charge in [0.2, 0.25) is 0 Å². The second-order valence-corrected chi connectivity index (χ2v) is 5.18. The fourth-order valence-electron chi connectivity index (χ4n) is 1.83. The van der Waals surface area contributed by atoms with Crippen LogP contribution in [0.2, 0.25) is 0 Å². The van der Waals surface area contributed by atoms with Crippen molar-refractivity contribution in [3.05, 3.63) is 51.7 Å². The van der Waals surface area contributed by atoms with Crippen LogP contribution in [0.5, 0.6) is 5.75 Å². The smallest absolute Gasteiger partial charge is 0.190 e. The quantitative estimate of drug-likeness (QED) is 0.840. The van der Waals surface area contributed by atoms with E-state index in [4.69, 9.17) is 4.74 Å². The molecule has 2 rings (SSSR count). The second kappa shape index (κ2) is 7.36. The first-order chi connectivity index (χ1) is 9.70. The average molecular weight is 297 g/mol. The van der Waals surface area contributed by atoms with Crippen molar-refractivity contribution >= 4 is 11.3 Å². The molecular formula is C15H17F2NOS. The Labute approximate surface area is 121 Å². The van der Waals surface area contributed by atoms with Crippen molar-refractivity contribution in [3.63, 3.8) is 0 Å². The molecule has 0 bridgehead atoms. The van der Waals surface area contributed by atoms with Gasteiger partial charge in [0.25, 0.3) is 0 Å². The summed E-state index contributed by atoms with van der Waals surface area (Å²) < 4.78 is 32.9. The first-order valence-corrected chi connectivity index (χ1v) is 7.47. The Balaban J connectivity index is 1.97. The zero-order valence-electron chi connectivity index (χ0n) is 11.3. The van der Waals surface area contributed by atoms with E-state index in [2.05, 4.69) is 5.32 Å². The molecule has 20 heavy (non-hydrogen) atoms. The van der Waals surface area contributed by atoms with Gasteiger partial charge in [-0.1, -0.05) is 6.92 Å². The third-order valence-corrected chi connectivity index (χ3v) is 3.59. The van der Waals surface area contributed by atoms with Gasteiger partial charge in [0.1, 0.15) is 0 Å². The average Bonchev–Trinajstić information content (AvgIpc) is 2.92. The van der Waals surface area contributed by atoms with E-state index in [1.165, 1.54) is 12.1 Å². The van der Waals surface area contributed by atoms with E-state index in [1.54, 1.807) is 11.3 Å². The van der Waals surface area contributed by atoms with E-state index >= 15 is 0 Å². The van der Waals surface area contributed by atoms with Crippen LogP contribution in [-0.4, -0.2) is 13.2 Å². The molecule has 5 heteroatoms. The molecule has 0 saturated heterocycles. The normalized spacial score (nSPS) is 10.8. The molecule has 0 radical (unpaired) electrons. The van der Waals surface area contributed by atoms with Gasteiger partial charge < -0.3 is 10.1 Å². The molecule has 2 aromatic rings. The van der Waals surface area contributed by atoms with Crippen LogP contribution in [0.1, 0.15) is 18.1 Å². The van der Waals surface area contributed by atoms with Gasteiger partial charge in [0.05, 0.1) is 6.61 Å². The molecule has 2 nitrogen and oxygen atoms in total. The van der Waals surface area contributed by atoms with E-state index in [-0.39, 0.29) is 12.4 Å². The number of benzene rings is 1. The number of hydrogen-bond acceptors (Lipinski definition) is 3. The van der Waals surface area contributed by atoms with Crippen LogP contribution in [0.15, 0.2) is 29.0 Å². The molecule has 0 atom stereocenters. The Bertz CT molecular complexity index is 520. The highest BCUT2D eigenvalue weighted by atomic mass is 32.1. The van der Waals surface area contributed by atoms with Gasteiger partial charge in [-0.05, 0) is 46.6 Å². The van der Waals surface area contributed by atoms with Crippen molar-refractivity contribution in [2.45, 2.75) is 19.9 Å². The maximum absolute atomic E-state index is 13.8. The van der Waals surface area contributed by atoms with Crippen LogP contribution < -0.4 is 10.1 Å². The monoisotopic (exact) mass is 297 g/mol. The Morgan fingerprint density at radius 3 is 2.55 bits per heavy atom. The minimum atomic E-state index is -0.650. The van der Waals surface area contributed by atoms with Gasteiger partial charge in [0, 0.05) is 13.0 Å². The molecule has 1 aromatic carbocycles. The summed E-state index contributed by atoms with van der Waals surface area (Å²) in [5, 5.41) is 6.99. The first-order valence-electron chi connectivity index (χ1n) is 6.53.